The van der Waals surface area contributed by atoms with Crippen molar-refractivity contribution in [3.8, 4) is 11.5 Å². The van der Waals surface area contributed by atoms with Gasteiger partial charge in [0.25, 0.3) is 0 Å². The van der Waals surface area contributed by atoms with Crippen molar-refractivity contribution >= 4 is 0 Å². The van der Waals surface area contributed by atoms with E-state index in [2.05, 4.69) is 17.3 Å². The third-order valence-electron chi connectivity index (χ3n) is 4.92. The molecule has 122 valence electrons. The fraction of sp³-hybridized carbons (Fsp3) is 0.667. The highest BCUT2D eigenvalue weighted by atomic mass is 16.5. The summed E-state index contributed by atoms with van der Waals surface area (Å²) in [5, 5.41) is 3.70. The molecule has 0 spiro atoms. The lowest BCUT2D eigenvalue weighted by molar-refractivity contribution is 0.145. The third-order valence-corrected chi connectivity index (χ3v) is 4.92. The summed E-state index contributed by atoms with van der Waals surface area (Å²) in [6, 6.07) is 10.1. The molecule has 2 unspecified atom stereocenters. The summed E-state index contributed by atoms with van der Waals surface area (Å²) >= 11 is 0. The number of fused-ring (bicyclic) bond motifs is 2. The van der Waals surface area contributed by atoms with Crippen molar-refractivity contribution in [2.45, 2.75) is 50.7 Å². The lowest BCUT2D eigenvalue weighted by Gasteiger charge is -2.35. The maximum Gasteiger partial charge on any atom is 0.161 e. The lowest BCUT2D eigenvalue weighted by Crippen LogP contribution is -2.47. The first-order valence-electron chi connectivity index (χ1n) is 8.57. The average molecular weight is 304 g/mol. The zero-order valence-corrected chi connectivity index (χ0v) is 13.8. The zero-order chi connectivity index (χ0) is 15.4. The van der Waals surface area contributed by atoms with E-state index in [1.807, 2.05) is 31.2 Å². The van der Waals surface area contributed by atoms with E-state index < -0.39 is 0 Å². The van der Waals surface area contributed by atoms with Gasteiger partial charge in [0.1, 0.15) is 6.61 Å². The van der Waals surface area contributed by atoms with Crippen molar-refractivity contribution in [1.82, 2.24) is 10.2 Å². The van der Waals surface area contributed by atoms with Crippen molar-refractivity contribution < 1.29 is 9.47 Å². The van der Waals surface area contributed by atoms with E-state index in [9.17, 15) is 0 Å². The van der Waals surface area contributed by atoms with Gasteiger partial charge in [0, 0.05) is 24.7 Å². The molecule has 0 radical (unpaired) electrons. The van der Waals surface area contributed by atoms with E-state index in [-0.39, 0.29) is 0 Å². The molecule has 3 rings (SSSR count). The van der Waals surface area contributed by atoms with E-state index in [0.29, 0.717) is 19.3 Å². The first-order valence-corrected chi connectivity index (χ1v) is 8.57. The Balaban J connectivity index is 1.46. The average Bonchev–Trinajstić information content (AvgIpc) is 2.87. The number of hydrogen-bond donors (Lipinski definition) is 1. The van der Waals surface area contributed by atoms with E-state index in [1.54, 1.807) is 0 Å². The van der Waals surface area contributed by atoms with Gasteiger partial charge in [-0.2, -0.15) is 0 Å². The summed E-state index contributed by atoms with van der Waals surface area (Å²) < 4.78 is 11.5. The van der Waals surface area contributed by atoms with Crippen LogP contribution in [0.1, 0.15) is 32.6 Å². The van der Waals surface area contributed by atoms with Crippen LogP contribution in [-0.4, -0.2) is 49.8 Å². The van der Waals surface area contributed by atoms with Crippen LogP contribution in [-0.2, 0) is 0 Å². The predicted octanol–water partition coefficient (Wildman–Crippen LogP) is 2.68. The molecule has 2 bridgehead atoms. The normalized spacial score (nSPS) is 27.1. The lowest BCUT2D eigenvalue weighted by atomic mass is 9.99. The molecule has 0 amide bonds. The number of piperidine rings is 1. The van der Waals surface area contributed by atoms with Gasteiger partial charge in [-0.05, 0) is 51.8 Å². The van der Waals surface area contributed by atoms with E-state index in [1.165, 1.54) is 25.7 Å². The zero-order valence-electron chi connectivity index (χ0n) is 13.8. The first-order chi connectivity index (χ1) is 10.8. The van der Waals surface area contributed by atoms with Gasteiger partial charge in [0.2, 0.25) is 0 Å². The van der Waals surface area contributed by atoms with Crippen molar-refractivity contribution in [2.24, 2.45) is 0 Å². The molecule has 4 heteroatoms. The maximum atomic E-state index is 5.94. The number of ether oxygens (including phenoxy) is 2. The Hall–Kier alpha value is -1.26. The van der Waals surface area contributed by atoms with Crippen LogP contribution in [0.25, 0.3) is 0 Å². The third kappa shape index (κ3) is 3.73. The van der Waals surface area contributed by atoms with Crippen LogP contribution in [0.5, 0.6) is 11.5 Å². The van der Waals surface area contributed by atoms with Crippen LogP contribution in [0.4, 0.5) is 0 Å². The summed E-state index contributed by atoms with van der Waals surface area (Å²) in [4.78, 5) is 2.47. The number of likely N-dealkylation sites (N-methyl/N-ethyl adjacent to an activating group) is 1. The van der Waals surface area contributed by atoms with E-state index in [4.69, 9.17) is 9.47 Å². The molecule has 2 aliphatic rings. The van der Waals surface area contributed by atoms with Gasteiger partial charge in [-0.3, -0.25) is 4.90 Å². The molecule has 2 aliphatic heterocycles. The van der Waals surface area contributed by atoms with Gasteiger partial charge >= 0.3 is 0 Å². The standard InChI is InChI=1S/C18H28N2O2/c1-3-21-17-6-4-5-7-18(17)22-11-10-20(2)16-12-14-8-9-15(13-16)19-14/h4-7,14-16,19H,3,8-13H2,1-2H3. The number of hydrogen-bond acceptors (Lipinski definition) is 4. The topological polar surface area (TPSA) is 33.7 Å². The molecule has 0 aliphatic carbocycles. The number of nitrogens with one attached hydrogen (secondary N) is 1. The summed E-state index contributed by atoms with van der Waals surface area (Å²) in [7, 11) is 2.23. The fourth-order valence-electron chi connectivity index (χ4n) is 3.71. The molecule has 22 heavy (non-hydrogen) atoms. The monoisotopic (exact) mass is 304 g/mol. The molecule has 2 heterocycles. The Labute approximate surface area is 133 Å². The van der Waals surface area contributed by atoms with Crippen molar-refractivity contribution in [3.05, 3.63) is 24.3 Å². The Bertz CT molecular complexity index is 468. The van der Waals surface area contributed by atoms with Crippen LogP contribution < -0.4 is 14.8 Å². The minimum atomic E-state index is 0.665. The number of para-hydroxylation sites is 2. The molecule has 2 saturated heterocycles. The molecule has 1 aromatic rings. The molecular weight excluding hydrogens is 276 g/mol. The Morgan fingerprint density at radius 2 is 1.73 bits per heavy atom. The predicted molar refractivity (Wildman–Crippen MR) is 88.7 cm³/mol. The summed E-state index contributed by atoms with van der Waals surface area (Å²) in [6.07, 6.45) is 5.27. The summed E-state index contributed by atoms with van der Waals surface area (Å²) in [6.45, 7) is 4.33. The van der Waals surface area contributed by atoms with Crippen LogP contribution in [0.3, 0.4) is 0 Å². The number of nitrogens with zero attached hydrogens (tertiary/aromatic N) is 1. The van der Waals surface area contributed by atoms with Gasteiger partial charge in [0.15, 0.2) is 11.5 Å². The Morgan fingerprint density at radius 3 is 2.36 bits per heavy atom. The molecule has 2 fully saturated rings. The number of benzene rings is 1. The highest BCUT2D eigenvalue weighted by Gasteiger charge is 2.34. The minimum absolute atomic E-state index is 0.665. The molecule has 1 aromatic carbocycles. The minimum Gasteiger partial charge on any atom is -0.490 e. The number of rotatable bonds is 7. The fourth-order valence-corrected chi connectivity index (χ4v) is 3.71. The van der Waals surface area contributed by atoms with Crippen molar-refractivity contribution in [1.29, 1.82) is 0 Å². The van der Waals surface area contributed by atoms with E-state index in [0.717, 1.165) is 30.1 Å². The van der Waals surface area contributed by atoms with Crippen LogP contribution in [0.15, 0.2) is 24.3 Å². The largest absolute Gasteiger partial charge is 0.490 e. The molecule has 2 atom stereocenters. The summed E-state index contributed by atoms with van der Waals surface area (Å²) in [5.41, 5.74) is 0. The van der Waals surface area contributed by atoms with Gasteiger partial charge < -0.3 is 14.8 Å². The second-order valence-corrected chi connectivity index (χ2v) is 6.47. The molecule has 0 aromatic heterocycles. The molecule has 4 nitrogen and oxygen atoms in total. The van der Waals surface area contributed by atoms with Crippen molar-refractivity contribution in [2.75, 3.05) is 26.8 Å². The van der Waals surface area contributed by atoms with Gasteiger partial charge in [-0.15, -0.1) is 0 Å². The second-order valence-electron chi connectivity index (χ2n) is 6.47. The molecular formula is C18H28N2O2. The van der Waals surface area contributed by atoms with Gasteiger partial charge in [-0.1, -0.05) is 12.1 Å². The maximum absolute atomic E-state index is 5.94. The van der Waals surface area contributed by atoms with Crippen LogP contribution in [0.2, 0.25) is 0 Å². The van der Waals surface area contributed by atoms with Gasteiger partial charge in [-0.25, -0.2) is 0 Å². The smallest absolute Gasteiger partial charge is 0.161 e. The first kappa shape index (κ1) is 15.6. The second kappa shape index (κ2) is 7.34. The SMILES string of the molecule is CCOc1ccccc1OCCN(C)C1CC2CCC(C1)N2. The Kier molecular flexibility index (Phi) is 5.21. The van der Waals surface area contributed by atoms with Gasteiger partial charge in [0.05, 0.1) is 6.61 Å². The molecule has 0 saturated carbocycles. The van der Waals surface area contributed by atoms with Crippen LogP contribution >= 0.6 is 0 Å². The highest BCUT2D eigenvalue weighted by Crippen LogP contribution is 2.29. The van der Waals surface area contributed by atoms with E-state index >= 15 is 0 Å². The quantitative estimate of drug-likeness (QED) is 0.840. The van der Waals surface area contributed by atoms with Crippen molar-refractivity contribution in [3.63, 3.8) is 0 Å². The molecule has 1 N–H and O–H groups in total. The Morgan fingerprint density at radius 1 is 1.09 bits per heavy atom. The highest BCUT2D eigenvalue weighted by molar-refractivity contribution is 5.39. The van der Waals surface area contributed by atoms with Crippen LogP contribution in [0, 0.1) is 0 Å². The summed E-state index contributed by atoms with van der Waals surface area (Å²) in [5.74, 6) is 1.69.